The maximum absolute atomic E-state index is 12.3. The normalized spacial score (nSPS) is 18.3. The van der Waals surface area contributed by atoms with E-state index in [2.05, 4.69) is 5.32 Å². The van der Waals surface area contributed by atoms with Crippen molar-refractivity contribution in [2.75, 3.05) is 26.5 Å². The van der Waals surface area contributed by atoms with Crippen LogP contribution in [0.15, 0.2) is 77.7 Å². The summed E-state index contributed by atoms with van der Waals surface area (Å²) in [6.45, 7) is 1.39. The highest BCUT2D eigenvalue weighted by Gasteiger charge is 2.32. The van der Waals surface area contributed by atoms with Crippen molar-refractivity contribution in [1.82, 2.24) is 10.2 Å². The van der Waals surface area contributed by atoms with Gasteiger partial charge in [-0.3, -0.25) is 0 Å². The van der Waals surface area contributed by atoms with Gasteiger partial charge in [0.15, 0.2) is 9.84 Å². The molecule has 184 valence electrons. The van der Waals surface area contributed by atoms with E-state index in [1.54, 1.807) is 19.2 Å². The third-order valence-electron chi connectivity index (χ3n) is 6.54. The molecule has 0 aromatic heterocycles. The van der Waals surface area contributed by atoms with E-state index in [-0.39, 0.29) is 16.9 Å². The van der Waals surface area contributed by atoms with E-state index in [1.807, 2.05) is 60.7 Å². The van der Waals surface area contributed by atoms with Crippen LogP contribution in [0.5, 0.6) is 5.75 Å². The number of nitrogens with one attached hydrogen (secondary N) is 1. The molecule has 0 saturated carbocycles. The molecule has 35 heavy (non-hydrogen) atoms. The zero-order valence-corrected chi connectivity index (χ0v) is 20.7. The molecule has 8 heteroatoms. The number of amides is 1. The number of sulfone groups is 1. The van der Waals surface area contributed by atoms with Crippen molar-refractivity contribution in [2.24, 2.45) is 0 Å². The minimum atomic E-state index is -3.39. The fourth-order valence-corrected chi connectivity index (χ4v) is 5.67. The summed E-state index contributed by atoms with van der Waals surface area (Å²) < 4.78 is 30.2. The summed E-state index contributed by atoms with van der Waals surface area (Å²) in [5, 5.41) is 13.2. The number of carboxylic acid groups (broad SMARTS) is 1. The van der Waals surface area contributed by atoms with Gasteiger partial charge in [0.1, 0.15) is 5.75 Å². The third-order valence-corrected chi connectivity index (χ3v) is 7.70. The fraction of sp³-hybridized carbons (Fsp3) is 0.296. The number of likely N-dealkylation sites (tertiary alicyclic amines) is 1. The van der Waals surface area contributed by atoms with Crippen LogP contribution in [0.4, 0.5) is 4.79 Å². The molecule has 1 aliphatic rings. The average Bonchev–Trinajstić information content (AvgIpc) is 2.87. The van der Waals surface area contributed by atoms with Crippen molar-refractivity contribution in [1.29, 1.82) is 0 Å². The molecule has 2 N–H and O–H groups in total. The molecule has 4 rings (SSSR count). The van der Waals surface area contributed by atoms with Crippen molar-refractivity contribution in [3.05, 3.63) is 83.9 Å². The van der Waals surface area contributed by atoms with E-state index < -0.39 is 15.9 Å². The average molecular weight is 495 g/mol. The highest BCUT2D eigenvalue weighted by atomic mass is 32.2. The molecule has 0 spiro atoms. The zero-order chi connectivity index (χ0) is 25.0. The summed E-state index contributed by atoms with van der Waals surface area (Å²) in [5.74, 6) is 0.721. The Bertz CT molecular complexity index is 1290. The highest BCUT2D eigenvalue weighted by Crippen LogP contribution is 2.32. The molecular formula is C27H30N2O5S. The zero-order valence-electron chi connectivity index (χ0n) is 19.8. The monoisotopic (exact) mass is 494 g/mol. The Morgan fingerprint density at radius 2 is 1.80 bits per heavy atom. The summed E-state index contributed by atoms with van der Waals surface area (Å²) in [7, 11) is -1.78. The predicted octanol–water partition coefficient (Wildman–Crippen LogP) is 4.39. The van der Waals surface area contributed by atoms with Crippen LogP contribution in [0.25, 0.3) is 11.1 Å². The number of benzene rings is 3. The summed E-state index contributed by atoms with van der Waals surface area (Å²) in [6, 6.07) is 22.7. The molecule has 1 saturated heterocycles. The van der Waals surface area contributed by atoms with Crippen molar-refractivity contribution >= 4 is 15.9 Å². The Balaban J connectivity index is 1.61. The standard InChI is InChI=1S/C27H30N2O5S/c1-34-25-13-12-20(22-10-6-7-11-26(22)35(2,32)33)16-21(25)17-28-24-14-15-29(27(30)31)18-23(24)19-8-4-3-5-9-19/h3-13,16,23-24,28H,14-15,17-18H2,1-2H3,(H,30,31)/t23-,24-/m0/s1. The van der Waals surface area contributed by atoms with E-state index in [0.717, 1.165) is 16.7 Å². The molecule has 2 atom stereocenters. The summed E-state index contributed by atoms with van der Waals surface area (Å²) >= 11 is 0. The van der Waals surface area contributed by atoms with Crippen LogP contribution in [0.1, 0.15) is 23.5 Å². The van der Waals surface area contributed by atoms with E-state index in [0.29, 0.717) is 37.4 Å². The van der Waals surface area contributed by atoms with E-state index in [9.17, 15) is 18.3 Å². The molecule has 0 aliphatic carbocycles. The predicted molar refractivity (Wildman–Crippen MR) is 136 cm³/mol. The second-order valence-corrected chi connectivity index (χ2v) is 10.8. The minimum Gasteiger partial charge on any atom is -0.496 e. The van der Waals surface area contributed by atoms with Crippen LogP contribution in [0.2, 0.25) is 0 Å². The van der Waals surface area contributed by atoms with Crippen molar-refractivity contribution < 1.29 is 23.1 Å². The maximum atomic E-state index is 12.3. The quantitative estimate of drug-likeness (QED) is 0.506. The Kier molecular flexibility index (Phi) is 7.42. The molecular weight excluding hydrogens is 464 g/mol. The Morgan fingerprint density at radius 1 is 1.09 bits per heavy atom. The topological polar surface area (TPSA) is 95.9 Å². The number of ether oxygens (including phenoxy) is 1. The highest BCUT2D eigenvalue weighted by molar-refractivity contribution is 7.90. The molecule has 1 fully saturated rings. The fourth-order valence-electron chi connectivity index (χ4n) is 4.76. The van der Waals surface area contributed by atoms with E-state index in [1.165, 1.54) is 11.2 Å². The van der Waals surface area contributed by atoms with Gasteiger partial charge in [0.05, 0.1) is 12.0 Å². The lowest BCUT2D eigenvalue weighted by Crippen LogP contribution is -2.49. The first-order valence-electron chi connectivity index (χ1n) is 11.5. The lowest BCUT2D eigenvalue weighted by molar-refractivity contribution is 0.121. The van der Waals surface area contributed by atoms with Gasteiger partial charge >= 0.3 is 6.09 Å². The number of methoxy groups -OCH3 is 1. The number of hydrogen-bond donors (Lipinski definition) is 2. The molecule has 1 aliphatic heterocycles. The number of nitrogens with zero attached hydrogens (tertiary/aromatic N) is 1. The van der Waals surface area contributed by atoms with Gasteiger partial charge in [0.25, 0.3) is 0 Å². The van der Waals surface area contributed by atoms with Gasteiger partial charge in [-0.05, 0) is 35.7 Å². The molecule has 1 amide bonds. The van der Waals surface area contributed by atoms with Crippen LogP contribution in [0.3, 0.4) is 0 Å². The summed E-state index contributed by atoms with van der Waals surface area (Å²) in [5.41, 5.74) is 3.44. The third kappa shape index (κ3) is 5.66. The van der Waals surface area contributed by atoms with Crippen molar-refractivity contribution in [2.45, 2.75) is 29.8 Å². The number of rotatable bonds is 7. The van der Waals surface area contributed by atoms with Crippen LogP contribution in [0, 0.1) is 0 Å². The first-order chi connectivity index (χ1) is 16.8. The lowest BCUT2D eigenvalue weighted by atomic mass is 9.86. The van der Waals surface area contributed by atoms with Gasteiger partial charge in [-0.25, -0.2) is 13.2 Å². The molecule has 3 aromatic carbocycles. The van der Waals surface area contributed by atoms with E-state index >= 15 is 0 Å². The van der Waals surface area contributed by atoms with Crippen LogP contribution in [-0.2, 0) is 16.4 Å². The first kappa shape index (κ1) is 24.8. The Hall–Kier alpha value is -3.36. The summed E-state index contributed by atoms with van der Waals surface area (Å²) in [6.07, 6.45) is 0.999. The second-order valence-electron chi connectivity index (χ2n) is 8.82. The Labute approximate surface area is 206 Å². The van der Waals surface area contributed by atoms with Gasteiger partial charge in [0, 0.05) is 49.0 Å². The first-order valence-corrected chi connectivity index (χ1v) is 13.4. The molecule has 0 bridgehead atoms. The largest absolute Gasteiger partial charge is 0.496 e. The molecule has 0 radical (unpaired) electrons. The smallest absolute Gasteiger partial charge is 0.407 e. The van der Waals surface area contributed by atoms with Crippen LogP contribution in [-0.4, -0.2) is 57.0 Å². The maximum Gasteiger partial charge on any atom is 0.407 e. The summed E-state index contributed by atoms with van der Waals surface area (Å²) in [4.78, 5) is 13.4. The van der Waals surface area contributed by atoms with Gasteiger partial charge in [-0.1, -0.05) is 54.6 Å². The molecule has 1 heterocycles. The number of carbonyl (C=O) groups is 1. The van der Waals surface area contributed by atoms with Gasteiger partial charge in [-0.15, -0.1) is 0 Å². The molecule has 0 unspecified atom stereocenters. The van der Waals surface area contributed by atoms with Crippen LogP contribution < -0.4 is 10.1 Å². The number of piperidine rings is 1. The van der Waals surface area contributed by atoms with Crippen molar-refractivity contribution in [3.8, 4) is 16.9 Å². The lowest BCUT2D eigenvalue weighted by Gasteiger charge is -2.38. The minimum absolute atomic E-state index is 0.0150. The van der Waals surface area contributed by atoms with Gasteiger partial charge < -0.3 is 20.1 Å². The van der Waals surface area contributed by atoms with Gasteiger partial charge in [0.2, 0.25) is 0 Å². The molecule has 7 nitrogen and oxygen atoms in total. The van der Waals surface area contributed by atoms with E-state index in [4.69, 9.17) is 4.74 Å². The number of hydrogen-bond acceptors (Lipinski definition) is 5. The van der Waals surface area contributed by atoms with Crippen LogP contribution >= 0.6 is 0 Å². The van der Waals surface area contributed by atoms with Crippen molar-refractivity contribution in [3.63, 3.8) is 0 Å². The second kappa shape index (κ2) is 10.5. The molecule has 3 aromatic rings. The Morgan fingerprint density at radius 3 is 2.49 bits per heavy atom. The van der Waals surface area contributed by atoms with Gasteiger partial charge in [-0.2, -0.15) is 0 Å². The SMILES string of the molecule is COc1ccc(-c2ccccc2S(C)(=O)=O)cc1CN[C@H]1CCN(C(=O)O)C[C@H]1c1ccccc1.